The topological polar surface area (TPSA) is 78.3 Å². The summed E-state index contributed by atoms with van der Waals surface area (Å²) < 4.78 is 7.26. The largest absolute Gasteiger partial charge is 0.493 e. The highest BCUT2D eigenvalue weighted by molar-refractivity contribution is 7.20. The molecule has 2 aromatic heterocycles. The Morgan fingerprint density at radius 3 is 2.89 bits per heavy atom. The number of nitrogen functional groups attached to an aromatic ring is 1. The monoisotopic (exact) mass is 261 g/mol. The van der Waals surface area contributed by atoms with Gasteiger partial charge in [0.05, 0.1) is 6.61 Å². The van der Waals surface area contributed by atoms with Crippen molar-refractivity contribution < 1.29 is 4.74 Å². The Balaban J connectivity index is 1.66. The molecular formula is C11H11N5OS. The summed E-state index contributed by atoms with van der Waals surface area (Å²) in [6.07, 6.45) is 0.638. The van der Waals surface area contributed by atoms with Crippen LogP contribution >= 0.6 is 11.3 Å². The molecular weight excluding hydrogens is 250 g/mol. The van der Waals surface area contributed by atoms with Crippen molar-refractivity contribution in [2.45, 2.75) is 6.42 Å². The third-order valence-electron chi connectivity index (χ3n) is 2.41. The first-order valence-corrected chi connectivity index (χ1v) is 6.29. The van der Waals surface area contributed by atoms with Gasteiger partial charge in [-0.25, -0.2) is 0 Å². The lowest BCUT2D eigenvalue weighted by Gasteiger charge is -2.03. The molecule has 0 spiro atoms. The minimum absolute atomic E-state index is 0.491. The fourth-order valence-electron chi connectivity index (χ4n) is 1.61. The number of hydrogen-bond acceptors (Lipinski definition) is 6. The van der Waals surface area contributed by atoms with Crippen molar-refractivity contribution in [1.82, 2.24) is 19.8 Å². The van der Waals surface area contributed by atoms with Crippen LogP contribution in [-0.4, -0.2) is 26.4 Å². The molecule has 7 heteroatoms. The molecule has 0 atom stereocenters. The van der Waals surface area contributed by atoms with Crippen molar-refractivity contribution in [2.75, 3.05) is 12.3 Å². The number of fused-ring (bicyclic) bond motifs is 1. The van der Waals surface area contributed by atoms with Crippen LogP contribution in [0.25, 0.3) is 4.96 Å². The lowest BCUT2D eigenvalue weighted by atomic mass is 10.3. The van der Waals surface area contributed by atoms with Gasteiger partial charge in [0.2, 0.25) is 10.1 Å². The van der Waals surface area contributed by atoms with Gasteiger partial charge in [-0.2, -0.15) is 4.52 Å². The van der Waals surface area contributed by atoms with E-state index in [1.807, 2.05) is 30.3 Å². The second-order valence-electron chi connectivity index (χ2n) is 3.66. The summed E-state index contributed by atoms with van der Waals surface area (Å²) in [5.74, 6) is 1.60. The maximum absolute atomic E-state index is 5.61. The van der Waals surface area contributed by atoms with E-state index in [0.717, 1.165) is 11.6 Å². The van der Waals surface area contributed by atoms with E-state index in [1.54, 1.807) is 4.52 Å². The smallest absolute Gasteiger partial charge is 0.236 e. The Hall–Kier alpha value is -2.15. The van der Waals surface area contributed by atoms with Crippen LogP contribution in [0.4, 0.5) is 5.13 Å². The minimum atomic E-state index is 0.491. The Bertz CT molecular complexity index is 648. The predicted molar refractivity (Wildman–Crippen MR) is 68.7 cm³/mol. The van der Waals surface area contributed by atoms with Crippen LogP contribution in [0.2, 0.25) is 0 Å². The van der Waals surface area contributed by atoms with E-state index < -0.39 is 0 Å². The SMILES string of the molecule is Nc1nn2c(CCOc3ccccc3)nnc2s1. The number of nitrogens with two attached hydrogens (primary N) is 1. The van der Waals surface area contributed by atoms with Gasteiger partial charge in [0, 0.05) is 6.42 Å². The predicted octanol–water partition coefficient (Wildman–Crippen LogP) is 1.39. The van der Waals surface area contributed by atoms with E-state index >= 15 is 0 Å². The van der Waals surface area contributed by atoms with Gasteiger partial charge in [-0.1, -0.05) is 29.5 Å². The van der Waals surface area contributed by atoms with E-state index in [1.165, 1.54) is 11.3 Å². The van der Waals surface area contributed by atoms with E-state index in [0.29, 0.717) is 23.1 Å². The first kappa shape index (κ1) is 11.0. The van der Waals surface area contributed by atoms with Crippen molar-refractivity contribution in [3.05, 3.63) is 36.2 Å². The van der Waals surface area contributed by atoms with Crippen LogP contribution in [0.5, 0.6) is 5.75 Å². The number of para-hydroxylation sites is 1. The minimum Gasteiger partial charge on any atom is -0.493 e. The second kappa shape index (κ2) is 4.61. The molecule has 0 radical (unpaired) electrons. The van der Waals surface area contributed by atoms with Gasteiger partial charge in [-0.3, -0.25) is 0 Å². The maximum atomic E-state index is 5.61. The van der Waals surface area contributed by atoms with Crippen LogP contribution in [-0.2, 0) is 6.42 Å². The standard InChI is InChI=1S/C11H11N5OS/c12-10-15-16-9(13-14-11(16)18-10)6-7-17-8-4-2-1-3-5-8/h1-5H,6-7H2,(H2,12,15). The van der Waals surface area contributed by atoms with Gasteiger partial charge in [-0.05, 0) is 12.1 Å². The zero-order valence-corrected chi connectivity index (χ0v) is 10.3. The molecule has 0 saturated carbocycles. The molecule has 0 aliphatic carbocycles. The Morgan fingerprint density at radius 2 is 2.06 bits per heavy atom. The third kappa shape index (κ3) is 2.12. The highest BCUT2D eigenvalue weighted by Crippen LogP contribution is 2.15. The van der Waals surface area contributed by atoms with Crippen LogP contribution in [0, 0.1) is 0 Å². The molecule has 0 aliphatic rings. The normalized spacial score (nSPS) is 10.9. The van der Waals surface area contributed by atoms with Gasteiger partial charge in [-0.15, -0.1) is 15.3 Å². The van der Waals surface area contributed by atoms with E-state index in [4.69, 9.17) is 10.5 Å². The van der Waals surface area contributed by atoms with Crippen LogP contribution in [0.3, 0.4) is 0 Å². The molecule has 0 bridgehead atoms. The van der Waals surface area contributed by atoms with E-state index in [-0.39, 0.29) is 0 Å². The lowest BCUT2D eigenvalue weighted by molar-refractivity contribution is 0.318. The highest BCUT2D eigenvalue weighted by atomic mass is 32.1. The highest BCUT2D eigenvalue weighted by Gasteiger charge is 2.09. The van der Waals surface area contributed by atoms with Crippen LogP contribution in [0.15, 0.2) is 30.3 Å². The molecule has 3 aromatic rings. The number of anilines is 1. The number of rotatable bonds is 4. The molecule has 0 amide bonds. The van der Waals surface area contributed by atoms with Gasteiger partial charge >= 0.3 is 0 Å². The summed E-state index contributed by atoms with van der Waals surface area (Å²) in [7, 11) is 0. The Kier molecular flexibility index (Phi) is 2.81. The number of aromatic nitrogens is 4. The molecule has 0 fully saturated rings. The molecule has 2 N–H and O–H groups in total. The lowest BCUT2D eigenvalue weighted by Crippen LogP contribution is -2.05. The quantitative estimate of drug-likeness (QED) is 0.767. The summed E-state index contributed by atoms with van der Waals surface area (Å²) in [6, 6.07) is 9.66. The van der Waals surface area contributed by atoms with Crippen molar-refractivity contribution in [3.8, 4) is 5.75 Å². The Labute approximate surface area is 107 Å². The number of ether oxygens (including phenoxy) is 1. The second-order valence-corrected chi connectivity index (χ2v) is 4.65. The molecule has 0 aliphatic heterocycles. The molecule has 18 heavy (non-hydrogen) atoms. The average molecular weight is 261 g/mol. The number of hydrogen-bond donors (Lipinski definition) is 1. The van der Waals surface area contributed by atoms with Gasteiger partial charge in [0.15, 0.2) is 5.82 Å². The van der Waals surface area contributed by atoms with E-state index in [9.17, 15) is 0 Å². The molecule has 6 nitrogen and oxygen atoms in total. The van der Waals surface area contributed by atoms with E-state index in [2.05, 4.69) is 15.3 Å². The molecule has 1 aromatic carbocycles. The molecule has 0 unspecified atom stereocenters. The summed E-state index contributed by atoms with van der Waals surface area (Å²) in [5.41, 5.74) is 5.61. The van der Waals surface area contributed by atoms with Crippen LogP contribution in [0.1, 0.15) is 5.82 Å². The molecule has 3 rings (SSSR count). The molecule has 0 saturated heterocycles. The zero-order valence-electron chi connectivity index (χ0n) is 9.48. The number of nitrogens with zero attached hydrogens (tertiary/aromatic N) is 4. The zero-order chi connectivity index (χ0) is 12.4. The molecule has 2 heterocycles. The van der Waals surface area contributed by atoms with Gasteiger partial charge in [0.1, 0.15) is 5.75 Å². The summed E-state index contributed by atoms with van der Waals surface area (Å²) in [6.45, 7) is 0.530. The average Bonchev–Trinajstić information content (AvgIpc) is 2.91. The molecule has 92 valence electrons. The van der Waals surface area contributed by atoms with Gasteiger partial charge in [0.25, 0.3) is 0 Å². The van der Waals surface area contributed by atoms with Crippen molar-refractivity contribution >= 4 is 21.4 Å². The maximum Gasteiger partial charge on any atom is 0.236 e. The fourth-order valence-corrected chi connectivity index (χ4v) is 2.23. The summed E-state index contributed by atoms with van der Waals surface area (Å²) >= 11 is 1.32. The van der Waals surface area contributed by atoms with Crippen molar-refractivity contribution in [3.63, 3.8) is 0 Å². The first-order chi connectivity index (χ1) is 8.83. The Morgan fingerprint density at radius 1 is 1.22 bits per heavy atom. The third-order valence-corrected chi connectivity index (χ3v) is 3.14. The summed E-state index contributed by atoms with van der Waals surface area (Å²) in [4.78, 5) is 0.710. The van der Waals surface area contributed by atoms with Crippen LogP contribution < -0.4 is 10.5 Å². The number of benzene rings is 1. The van der Waals surface area contributed by atoms with Crippen molar-refractivity contribution in [1.29, 1.82) is 0 Å². The van der Waals surface area contributed by atoms with Gasteiger partial charge < -0.3 is 10.5 Å². The fraction of sp³-hybridized carbons (Fsp3) is 0.182. The first-order valence-electron chi connectivity index (χ1n) is 5.47. The van der Waals surface area contributed by atoms with Crippen molar-refractivity contribution in [2.24, 2.45) is 0 Å². The summed E-state index contributed by atoms with van der Waals surface area (Å²) in [5, 5.41) is 12.7.